The molecule has 1 aromatic heterocycles. The summed E-state index contributed by atoms with van der Waals surface area (Å²) >= 11 is 1.92. The first-order valence-electron chi connectivity index (χ1n) is 15.5. The van der Waals surface area contributed by atoms with Crippen LogP contribution in [0.25, 0.3) is 96.3 Å². The van der Waals surface area contributed by atoms with E-state index in [1.54, 1.807) is 0 Å². The standard InChI is InChI=1S/C44H26S/c1-3-8-35-27(6-1)18-22-39-38(35)21-19-29-12-13-33(26-42(29)39)31-14-15-32-25-34(17-16-30(32)24-31)37-10-5-11-40-41-23-20-28-7-2-4-9-36(28)43(41)45-44(37)40/h1-26H. The maximum atomic E-state index is 2.37. The summed E-state index contributed by atoms with van der Waals surface area (Å²) in [6, 6.07) is 58.5. The Labute approximate surface area is 264 Å². The number of fused-ring (bicyclic) bond motifs is 11. The van der Waals surface area contributed by atoms with Crippen molar-refractivity contribution in [3.63, 3.8) is 0 Å². The number of hydrogen-bond donors (Lipinski definition) is 0. The van der Waals surface area contributed by atoms with Crippen LogP contribution in [0, 0.1) is 0 Å². The number of benzene rings is 9. The minimum absolute atomic E-state index is 1.24. The van der Waals surface area contributed by atoms with Gasteiger partial charge in [-0.3, -0.25) is 0 Å². The average Bonchev–Trinajstić information content (AvgIpc) is 3.50. The molecule has 0 atom stereocenters. The van der Waals surface area contributed by atoms with Crippen LogP contribution in [-0.4, -0.2) is 0 Å². The van der Waals surface area contributed by atoms with Gasteiger partial charge in [0.25, 0.3) is 0 Å². The predicted molar refractivity (Wildman–Crippen MR) is 198 cm³/mol. The van der Waals surface area contributed by atoms with Crippen molar-refractivity contribution in [2.45, 2.75) is 0 Å². The van der Waals surface area contributed by atoms with Crippen molar-refractivity contribution < 1.29 is 0 Å². The van der Waals surface area contributed by atoms with E-state index in [1.165, 1.54) is 96.3 Å². The number of thiophene rings is 1. The summed E-state index contributed by atoms with van der Waals surface area (Å²) in [5.74, 6) is 0. The van der Waals surface area contributed by atoms with E-state index in [2.05, 4.69) is 158 Å². The summed E-state index contributed by atoms with van der Waals surface area (Å²) in [5, 5.41) is 15.6. The van der Waals surface area contributed by atoms with E-state index in [0.29, 0.717) is 0 Å². The van der Waals surface area contributed by atoms with E-state index in [9.17, 15) is 0 Å². The van der Waals surface area contributed by atoms with Crippen LogP contribution in [0.3, 0.4) is 0 Å². The largest absolute Gasteiger partial charge is 0.134 e. The van der Waals surface area contributed by atoms with E-state index < -0.39 is 0 Å². The molecule has 0 unspecified atom stereocenters. The van der Waals surface area contributed by atoms with Crippen molar-refractivity contribution in [1.82, 2.24) is 0 Å². The Balaban J connectivity index is 1.09. The molecule has 0 aliphatic heterocycles. The highest BCUT2D eigenvalue weighted by Gasteiger charge is 2.13. The third-order valence-corrected chi connectivity index (χ3v) is 10.9. The molecule has 1 heteroatoms. The van der Waals surface area contributed by atoms with Gasteiger partial charge >= 0.3 is 0 Å². The van der Waals surface area contributed by atoms with Crippen molar-refractivity contribution in [2.24, 2.45) is 0 Å². The van der Waals surface area contributed by atoms with Gasteiger partial charge in [-0.15, -0.1) is 11.3 Å². The quantitative estimate of drug-likeness (QED) is 0.177. The summed E-state index contributed by atoms with van der Waals surface area (Å²) in [6.07, 6.45) is 0. The van der Waals surface area contributed by atoms with Crippen molar-refractivity contribution in [2.75, 3.05) is 0 Å². The SMILES string of the molecule is c1ccc2c(c1)ccc1c3cc(-c4ccc5cc(-c6cccc7c6sc6c8ccccc8ccc76)ccc5c4)ccc3ccc21. The van der Waals surface area contributed by atoms with Crippen molar-refractivity contribution in [3.05, 3.63) is 158 Å². The molecule has 0 aliphatic rings. The molecule has 0 amide bonds. The van der Waals surface area contributed by atoms with Crippen molar-refractivity contribution in [3.8, 4) is 22.3 Å². The fraction of sp³-hybridized carbons (Fsp3) is 0. The Bertz CT molecular complexity index is 2820. The van der Waals surface area contributed by atoms with Gasteiger partial charge in [0, 0.05) is 20.2 Å². The lowest BCUT2D eigenvalue weighted by atomic mass is 9.93. The van der Waals surface area contributed by atoms with Crippen LogP contribution in [0.4, 0.5) is 0 Å². The summed E-state index contributed by atoms with van der Waals surface area (Å²) < 4.78 is 2.73. The van der Waals surface area contributed by atoms with Gasteiger partial charge in [0.05, 0.1) is 0 Å². The fourth-order valence-electron chi connectivity index (χ4n) is 7.34. The van der Waals surface area contributed by atoms with E-state index in [1.807, 2.05) is 11.3 Å². The maximum Gasteiger partial charge on any atom is 0.0434 e. The van der Waals surface area contributed by atoms with Gasteiger partial charge in [-0.25, -0.2) is 0 Å². The van der Waals surface area contributed by atoms with Crippen LogP contribution in [0.1, 0.15) is 0 Å². The van der Waals surface area contributed by atoms with Crippen LogP contribution in [0.2, 0.25) is 0 Å². The number of hydrogen-bond acceptors (Lipinski definition) is 1. The Kier molecular flexibility index (Phi) is 5.25. The minimum Gasteiger partial charge on any atom is -0.134 e. The first-order chi connectivity index (χ1) is 22.3. The lowest BCUT2D eigenvalue weighted by molar-refractivity contribution is 1.67. The molecule has 45 heavy (non-hydrogen) atoms. The topological polar surface area (TPSA) is 0 Å². The van der Waals surface area contributed by atoms with Gasteiger partial charge < -0.3 is 0 Å². The molecule has 0 fully saturated rings. The molecule has 9 aromatic carbocycles. The van der Waals surface area contributed by atoms with Gasteiger partial charge in [-0.1, -0.05) is 140 Å². The van der Waals surface area contributed by atoms with Gasteiger partial charge in [-0.2, -0.15) is 0 Å². The Hall–Kier alpha value is -5.50. The predicted octanol–water partition coefficient (Wildman–Crippen LogP) is 13.2. The smallest absolute Gasteiger partial charge is 0.0434 e. The highest BCUT2D eigenvalue weighted by atomic mass is 32.1. The second kappa shape index (κ2) is 9.50. The first-order valence-corrected chi connectivity index (χ1v) is 16.3. The Morgan fingerprint density at radius 2 is 0.778 bits per heavy atom. The van der Waals surface area contributed by atoms with Crippen LogP contribution in [0.5, 0.6) is 0 Å². The van der Waals surface area contributed by atoms with E-state index >= 15 is 0 Å². The molecule has 0 aliphatic carbocycles. The van der Waals surface area contributed by atoms with Gasteiger partial charge in [0.15, 0.2) is 0 Å². The summed E-state index contributed by atoms with van der Waals surface area (Å²) in [6.45, 7) is 0. The third-order valence-electron chi connectivity index (χ3n) is 9.62. The second-order valence-electron chi connectivity index (χ2n) is 12.1. The van der Waals surface area contributed by atoms with Gasteiger partial charge in [0.1, 0.15) is 0 Å². The normalized spacial score (nSPS) is 12.0. The lowest BCUT2D eigenvalue weighted by Gasteiger charge is -2.11. The first kappa shape index (κ1) is 24.9. The zero-order valence-corrected chi connectivity index (χ0v) is 25.2. The molecular formula is C44H26S. The maximum absolute atomic E-state index is 2.37. The third kappa shape index (κ3) is 3.78. The monoisotopic (exact) mass is 586 g/mol. The molecule has 0 spiro atoms. The van der Waals surface area contributed by atoms with Crippen LogP contribution in [0.15, 0.2) is 158 Å². The molecular weight excluding hydrogens is 561 g/mol. The second-order valence-corrected chi connectivity index (χ2v) is 13.1. The lowest BCUT2D eigenvalue weighted by Crippen LogP contribution is -1.84. The summed E-state index contributed by atoms with van der Waals surface area (Å²) in [5.41, 5.74) is 5.06. The molecule has 0 saturated heterocycles. The molecule has 208 valence electrons. The summed E-state index contributed by atoms with van der Waals surface area (Å²) in [7, 11) is 0. The van der Waals surface area contributed by atoms with Gasteiger partial charge in [0.2, 0.25) is 0 Å². The zero-order chi connectivity index (χ0) is 29.5. The van der Waals surface area contributed by atoms with Crippen LogP contribution in [-0.2, 0) is 0 Å². The molecule has 0 nitrogen and oxygen atoms in total. The highest BCUT2D eigenvalue weighted by molar-refractivity contribution is 7.27. The molecule has 0 saturated carbocycles. The van der Waals surface area contributed by atoms with Crippen LogP contribution < -0.4 is 0 Å². The van der Waals surface area contributed by atoms with Gasteiger partial charge in [-0.05, 0) is 94.3 Å². The highest BCUT2D eigenvalue weighted by Crippen LogP contribution is 2.43. The van der Waals surface area contributed by atoms with Crippen LogP contribution >= 0.6 is 11.3 Å². The average molecular weight is 587 g/mol. The number of rotatable bonds is 2. The molecule has 0 radical (unpaired) electrons. The van der Waals surface area contributed by atoms with E-state index in [-0.39, 0.29) is 0 Å². The molecule has 0 bridgehead atoms. The molecule has 10 rings (SSSR count). The molecule has 1 heterocycles. The summed E-state index contributed by atoms with van der Waals surface area (Å²) in [4.78, 5) is 0. The van der Waals surface area contributed by atoms with E-state index in [0.717, 1.165) is 0 Å². The Morgan fingerprint density at radius 1 is 0.267 bits per heavy atom. The minimum atomic E-state index is 1.24. The zero-order valence-electron chi connectivity index (χ0n) is 24.4. The van der Waals surface area contributed by atoms with Crippen molar-refractivity contribution >= 4 is 85.4 Å². The fourth-order valence-corrected chi connectivity index (χ4v) is 8.72. The molecule has 0 N–H and O–H groups in total. The Morgan fingerprint density at radius 3 is 1.58 bits per heavy atom. The molecule has 10 aromatic rings. The van der Waals surface area contributed by atoms with E-state index in [4.69, 9.17) is 0 Å². The van der Waals surface area contributed by atoms with Crippen molar-refractivity contribution in [1.29, 1.82) is 0 Å².